The van der Waals surface area contributed by atoms with Crippen molar-refractivity contribution in [2.75, 3.05) is 44.7 Å². The largest absolute Gasteiger partial charge is 0.497 e. The number of fused-ring (bicyclic) bond motifs is 1. The molecule has 164 valence electrons. The van der Waals surface area contributed by atoms with E-state index < -0.39 is 0 Å². The lowest BCUT2D eigenvalue weighted by Crippen LogP contribution is -2.49. The first-order valence-corrected chi connectivity index (χ1v) is 11.3. The first kappa shape index (κ1) is 20.1. The molecule has 3 amide bonds. The van der Waals surface area contributed by atoms with Gasteiger partial charge in [0, 0.05) is 50.9 Å². The van der Waals surface area contributed by atoms with Gasteiger partial charge in [0.05, 0.1) is 18.9 Å². The average Bonchev–Trinajstić information content (AvgIpc) is 3.10. The third kappa shape index (κ3) is 3.50. The molecule has 1 aromatic carbocycles. The number of nitrogens with zero attached hydrogens (tertiary/aromatic N) is 3. The van der Waals surface area contributed by atoms with Crippen molar-refractivity contribution in [1.82, 2.24) is 9.80 Å². The van der Waals surface area contributed by atoms with Crippen LogP contribution in [0.25, 0.3) is 0 Å². The van der Waals surface area contributed by atoms with Crippen LogP contribution in [0.2, 0.25) is 0 Å². The van der Waals surface area contributed by atoms with Crippen molar-refractivity contribution < 1.29 is 19.1 Å². The number of imide groups is 1. The zero-order chi connectivity index (χ0) is 21.5. The Morgan fingerprint density at radius 3 is 2.23 bits per heavy atom. The lowest BCUT2D eigenvalue weighted by atomic mass is 9.63. The summed E-state index contributed by atoms with van der Waals surface area (Å²) in [7, 11) is 1.65. The smallest absolute Gasteiger partial charge is 0.233 e. The van der Waals surface area contributed by atoms with Crippen molar-refractivity contribution in [3.05, 3.63) is 36.4 Å². The summed E-state index contributed by atoms with van der Waals surface area (Å²) in [5, 5.41) is 0. The molecule has 0 unspecified atom stereocenters. The van der Waals surface area contributed by atoms with E-state index in [0.717, 1.165) is 37.4 Å². The van der Waals surface area contributed by atoms with Crippen LogP contribution < -0.4 is 9.64 Å². The summed E-state index contributed by atoms with van der Waals surface area (Å²) in [5.74, 6) is 0.695. The van der Waals surface area contributed by atoms with Gasteiger partial charge in [-0.25, -0.2) is 0 Å². The highest BCUT2D eigenvalue weighted by Gasteiger charge is 2.56. The first-order chi connectivity index (χ1) is 15.1. The van der Waals surface area contributed by atoms with Crippen LogP contribution >= 0.6 is 0 Å². The van der Waals surface area contributed by atoms with Crippen molar-refractivity contribution in [3.63, 3.8) is 0 Å². The molecule has 4 atom stereocenters. The van der Waals surface area contributed by atoms with E-state index >= 15 is 0 Å². The second kappa shape index (κ2) is 8.02. The highest BCUT2D eigenvalue weighted by Crippen LogP contribution is 2.49. The molecule has 2 aliphatic heterocycles. The molecule has 6 rings (SSSR count). The number of allylic oxidation sites excluding steroid dienone is 2. The van der Waals surface area contributed by atoms with Crippen molar-refractivity contribution in [2.24, 2.45) is 23.7 Å². The van der Waals surface area contributed by atoms with Gasteiger partial charge in [0.1, 0.15) is 5.75 Å². The van der Waals surface area contributed by atoms with Gasteiger partial charge in [-0.1, -0.05) is 18.2 Å². The van der Waals surface area contributed by atoms with Crippen molar-refractivity contribution in [2.45, 2.75) is 19.3 Å². The molecule has 31 heavy (non-hydrogen) atoms. The quantitative estimate of drug-likeness (QED) is 0.535. The normalized spacial score (nSPS) is 29.5. The van der Waals surface area contributed by atoms with Crippen LogP contribution in [0.3, 0.4) is 0 Å². The van der Waals surface area contributed by atoms with E-state index in [-0.39, 0.29) is 54.4 Å². The van der Waals surface area contributed by atoms with E-state index in [1.165, 1.54) is 4.90 Å². The zero-order valence-electron chi connectivity index (χ0n) is 17.9. The number of rotatable bonds is 5. The van der Waals surface area contributed by atoms with Crippen molar-refractivity contribution >= 4 is 23.4 Å². The fraction of sp³-hybridized carbons (Fsp3) is 0.542. The summed E-state index contributed by atoms with van der Waals surface area (Å²) in [6.45, 7) is 2.98. The topological polar surface area (TPSA) is 70.2 Å². The molecule has 7 nitrogen and oxygen atoms in total. The summed E-state index contributed by atoms with van der Waals surface area (Å²) < 4.78 is 5.30. The Kier molecular flexibility index (Phi) is 5.20. The molecule has 0 radical (unpaired) electrons. The SMILES string of the molecule is COc1cccc(N2CCN(C(=O)CCN3C(=O)[C@@H]4[C@@H](C3=O)[C@H]3C=C[C@H]4CC3)CC2)c1. The Labute approximate surface area is 182 Å². The maximum atomic E-state index is 12.9. The third-order valence-electron chi connectivity index (χ3n) is 7.45. The van der Waals surface area contributed by atoms with Crippen molar-refractivity contribution in [1.29, 1.82) is 0 Å². The molecule has 0 spiro atoms. The minimum absolute atomic E-state index is 0.0156. The number of carbonyl (C=O) groups is 3. The summed E-state index contributed by atoms with van der Waals surface area (Å²) in [5.41, 5.74) is 1.09. The molecule has 3 fully saturated rings. The summed E-state index contributed by atoms with van der Waals surface area (Å²) in [6, 6.07) is 7.94. The van der Waals surface area contributed by atoms with Gasteiger partial charge in [-0.2, -0.15) is 0 Å². The molecular formula is C24H29N3O4. The molecule has 2 saturated heterocycles. The highest BCUT2D eigenvalue weighted by molar-refractivity contribution is 6.06. The fourth-order valence-corrected chi connectivity index (χ4v) is 5.74. The standard InChI is InChI=1S/C24H29N3O4/c1-31-19-4-2-3-18(15-19)25-11-13-26(14-12-25)20(28)9-10-27-23(29)21-16-5-6-17(8-7-16)22(21)24(27)30/h2-6,15-17,21-22H,7-14H2,1H3/t16-,17-,21-,22-/m0/s1. The number of ether oxygens (including phenoxy) is 1. The Bertz CT molecular complexity index is 889. The van der Waals surface area contributed by atoms with Crippen LogP contribution in [-0.2, 0) is 14.4 Å². The minimum atomic E-state index is -0.197. The van der Waals surface area contributed by atoms with Crippen LogP contribution in [0.4, 0.5) is 5.69 Å². The van der Waals surface area contributed by atoms with Crippen LogP contribution in [0.1, 0.15) is 19.3 Å². The van der Waals surface area contributed by atoms with E-state index in [4.69, 9.17) is 4.74 Å². The molecular weight excluding hydrogens is 394 g/mol. The lowest BCUT2D eigenvalue weighted by Gasteiger charge is -2.38. The third-order valence-corrected chi connectivity index (χ3v) is 7.45. The van der Waals surface area contributed by atoms with Gasteiger partial charge in [-0.15, -0.1) is 0 Å². The van der Waals surface area contributed by atoms with E-state index in [1.54, 1.807) is 7.11 Å². The summed E-state index contributed by atoms with van der Waals surface area (Å²) in [4.78, 5) is 44.1. The predicted octanol–water partition coefficient (Wildman–Crippen LogP) is 1.93. The number of hydrogen-bond acceptors (Lipinski definition) is 5. The summed E-state index contributed by atoms with van der Waals surface area (Å²) in [6.07, 6.45) is 6.43. The van der Waals surface area contributed by atoms with Gasteiger partial charge in [-0.05, 0) is 36.8 Å². The molecule has 0 aromatic heterocycles. The Balaban J connectivity index is 1.15. The van der Waals surface area contributed by atoms with Crippen LogP contribution in [0.15, 0.2) is 36.4 Å². The number of hydrogen-bond donors (Lipinski definition) is 0. The number of benzene rings is 1. The lowest BCUT2D eigenvalue weighted by molar-refractivity contribution is -0.141. The highest BCUT2D eigenvalue weighted by atomic mass is 16.5. The molecule has 1 saturated carbocycles. The molecule has 0 N–H and O–H groups in total. The number of anilines is 1. The van der Waals surface area contributed by atoms with Gasteiger partial charge >= 0.3 is 0 Å². The van der Waals surface area contributed by atoms with E-state index in [2.05, 4.69) is 17.1 Å². The Morgan fingerprint density at radius 2 is 1.65 bits per heavy atom. The van der Waals surface area contributed by atoms with Gasteiger partial charge < -0.3 is 14.5 Å². The number of methoxy groups -OCH3 is 1. The minimum Gasteiger partial charge on any atom is -0.497 e. The number of carbonyl (C=O) groups excluding carboxylic acids is 3. The van der Waals surface area contributed by atoms with Crippen LogP contribution in [-0.4, -0.2) is 67.4 Å². The maximum Gasteiger partial charge on any atom is 0.233 e. The molecule has 2 bridgehead atoms. The molecule has 2 heterocycles. The molecule has 7 heteroatoms. The number of amides is 3. The van der Waals surface area contributed by atoms with Gasteiger partial charge in [0.15, 0.2) is 0 Å². The molecule has 5 aliphatic rings. The Morgan fingerprint density at radius 1 is 1.00 bits per heavy atom. The second-order valence-corrected chi connectivity index (χ2v) is 8.99. The average molecular weight is 424 g/mol. The number of piperazine rings is 1. The molecule has 1 aromatic rings. The van der Waals surface area contributed by atoms with E-state index in [9.17, 15) is 14.4 Å². The predicted molar refractivity (Wildman–Crippen MR) is 115 cm³/mol. The monoisotopic (exact) mass is 423 g/mol. The fourth-order valence-electron chi connectivity index (χ4n) is 5.74. The zero-order valence-corrected chi connectivity index (χ0v) is 17.9. The van der Waals surface area contributed by atoms with Gasteiger partial charge in [0.2, 0.25) is 17.7 Å². The first-order valence-electron chi connectivity index (χ1n) is 11.3. The Hall–Kier alpha value is -2.83. The maximum absolute atomic E-state index is 12.9. The summed E-state index contributed by atoms with van der Waals surface area (Å²) >= 11 is 0. The van der Waals surface area contributed by atoms with E-state index in [0.29, 0.717) is 13.1 Å². The van der Waals surface area contributed by atoms with Crippen molar-refractivity contribution in [3.8, 4) is 5.75 Å². The van der Waals surface area contributed by atoms with Gasteiger partial charge in [0.25, 0.3) is 0 Å². The van der Waals surface area contributed by atoms with E-state index in [1.807, 2.05) is 29.2 Å². The van der Waals surface area contributed by atoms with Gasteiger partial charge in [-0.3, -0.25) is 19.3 Å². The second-order valence-electron chi connectivity index (χ2n) is 8.99. The van der Waals surface area contributed by atoms with Crippen LogP contribution in [0, 0.1) is 23.7 Å². The number of likely N-dealkylation sites (tertiary alicyclic amines) is 1. The molecule has 3 aliphatic carbocycles. The van der Waals surface area contributed by atoms with Crippen LogP contribution in [0.5, 0.6) is 5.75 Å².